The van der Waals surface area contributed by atoms with E-state index < -0.39 is 0 Å². The SMILES string of the molecule is CCOC(C(C)C)C(NC)C1CC(C)CC(C)C1. The van der Waals surface area contributed by atoms with E-state index >= 15 is 0 Å². The fraction of sp³-hybridized carbons (Fsp3) is 1.00. The molecule has 0 aliphatic heterocycles. The van der Waals surface area contributed by atoms with E-state index in [4.69, 9.17) is 4.74 Å². The van der Waals surface area contributed by atoms with Crippen LogP contribution in [0, 0.1) is 23.7 Å². The van der Waals surface area contributed by atoms with Crippen LogP contribution >= 0.6 is 0 Å². The summed E-state index contributed by atoms with van der Waals surface area (Å²) in [5, 5.41) is 3.55. The van der Waals surface area contributed by atoms with Crippen molar-refractivity contribution in [1.29, 1.82) is 0 Å². The second-order valence-corrected chi connectivity index (χ2v) is 6.66. The standard InChI is InChI=1S/C16H33NO/c1-7-18-16(11(2)3)15(17-6)14-9-12(4)8-13(5)10-14/h11-17H,7-10H2,1-6H3. The van der Waals surface area contributed by atoms with Crippen LogP contribution in [0.2, 0.25) is 0 Å². The summed E-state index contributed by atoms with van der Waals surface area (Å²) in [6.07, 6.45) is 4.45. The van der Waals surface area contributed by atoms with Crippen LogP contribution in [-0.2, 0) is 4.74 Å². The Morgan fingerprint density at radius 1 is 1.11 bits per heavy atom. The van der Waals surface area contributed by atoms with Gasteiger partial charge in [-0.25, -0.2) is 0 Å². The lowest BCUT2D eigenvalue weighted by Gasteiger charge is -2.41. The van der Waals surface area contributed by atoms with Crippen molar-refractivity contribution in [3.63, 3.8) is 0 Å². The van der Waals surface area contributed by atoms with Crippen LogP contribution in [0.15, 0.2) is 0 Å². The van der Waals surface area contributed by atoms with E-state index in [1.807, 2.05) is 0 Å². The normalized spacial score (nSPS) is 32.5. The molecular weight excluding hydrogens is 222 g/mol. The Balaban J connectivity index is 2.73. The molecule has 1 N–H and O–H groups in total. The average molecular weight is 255 g/mol. The van der Waals surface area contributed by atoms with Crippen LogP contribution in [0.5, 0.6) is 0 Å². The van der Waals surface area contributed by atoms with E-state index in [0.717, 1.165) is 24.4 Å². The van der Waals surface area contributed by atoms with Gasteiger partial charge < -0.3 is 10.1 Å². The topological polar surface area (TPSA) is 21.3 Å². The van der Waals surface area contributed by atoms with Crippen LogP contribution in [0.1, 0.15) is 53.9 Å². The molecule has 4 unspecified atom stereocenters. The molecule has 108 valence electrons. The molecule has 1 aliphatic rings. The molecule has 0 bridgehead atoms. The molecule has 1 aliphatic carbocycles. The fourth-order valence-corrected chi connectivity index (χ4v) is 3.87. The lowest BCUT2D eigenvalue weighted by Crippen LogP contribution is -2.49. The van der Waals surface area contributed by atoms with Gasteiger partial charge in [0.15, 0.2) is 0 Å². The van der Waals surface area contributed by atoms with Gasteiger partial charge in [-0.15, -0.1) is 0 Å². The predicted molar refractivity (Wildman–Crippen MR) is 78.8 cm³/mol. The van der Waals surface area contributed by atoms with Gasteiger partial charge in [0.25, 0.3) is 0 Å². The number of hydrogen-bond acceptors (Lipinski definition) is 2. The largest absolute Gasteiger partial charge is 0.377 e. The Morgan fingerprint density at radius 3 is 2.06 bits per heavy atom. The number of hydrogen-bond donors (Lipinski definition) is 1. The van der Waals surface area contributed by atoms with E-state index in [1.165, 1.54) is 19.3 Å². The summed E-state index contributed by atoms with van der Waals surface area (Å²) in [7, 11) is 2.10. The van der Waals surface area contributed by atoms with Crippen LogP contribution in [-0.4, -0.2) is 25.8 Å². The molecule has 1 fully saturated rings. The molecule has 0 spiro atoms. The maximum Gasteiger partial charge on any atom is 0.0753 e. The highest BCUT2D eigenvalue weighted by Gasteiger charge is 2.35. The summed E-state index contributed by atoms with van der Waals surface area (Å²) < 4.78 is 6.02. The first-order chi connectivity index (χ1) is 8.49. The predicted octanol–water partition coefficient (Wildman–Crippen LogP) is 3.71. The minimum atomic E-state index is 0.350. The zero-order chi connectivity index (χ0) is 13.7. The van der Waals surface area contributed by atoms with E-state index in [0.29, 0.717) is 18.1 Å². The molecule has 0 amide bonds. The zero-order valence-electron chi connectivity index (χ0n) is 13.2. The maximum absolute atomic E-state index is 6.02. The summed E-state index contributed by atoms with van der Waals surface area (Å²) >= 11 is 0. The Bertz CT molecular complexity index is 219. The zero-order valence-corrected chi connectivity index (χ0v) is 13.2. The molecule has 0 aromatic rings. The van der Waals surface area contributed by atoms with Gasteiger partial charge in [-0.3, -0.25) is 0 Å². The minimum absolute atomic E-state index is 0.350. The first kappa shape index (κ1) is 16.0. The Labute approximate surface area is 114 Å². The lowest BCUT2D eigenvalue weighted by atomic mass is 9.71. The van der Waals surface area contributed by atoms with Gasteiger partial charge in [0.2, 0.25) is 0 Å². The molecule has 18 heavy (non-hydrogen) atoms. The van der Waals surface area contributed by atoms with Crippen molar-refractivity contribution in [3.8, 4) is 0 Å². The third kappa shape index (κ3) is 4.24. The minimum Gasteiger partial charge on any atom is -0.377 e. The summed E-state index contributed by atoms with van der Waals surface area (Å²) in [5.74, 6) is 3.08. The van der Waals surface area contributed by atoms with Gasteiger partial charge in [0, 0.05) is 12.6 Å². The Morgan fingerprint density at radius 2 is 1.67 bits per heavy atom. The third-order valence-electron chi connectivity index (χ3n) is 4.43. The van der Waals surface area contributed by atoms with Crippen LogP contribution < -0.4 is 5.32 Å². The molecule has 1 rings (SSSR count). The maximum atomic E-state index is 6.02. The number of rotatable bonds is 6. The van der Waals surface area contributed by atoms with Crippen LogP contribution in [0.25, 0.3) is 0 Å². The molecule has 2 heteroatoms. The fourth-order valence-electron chi connectivity index (χ4n) is 3.87. The van der Waals surface area contributed by atoms with Crippen molar-refractivity contribution in [3.05, 3.63) is 0 Å². The monoisotopic (exact) mass is 255 g/mol. The highest BCUT2D eigenvalue weighted by molar-refractivity contribution is 4.89. The van der Waals surface area contributed by atoms with Gasteiger partial charge in [0.05, 0.1) is 6.10 Å². The van der Waals surface area contributed by atoms with Crippen molar-refractivity contribution in [2.24, 2.45) is 23.7 Å². The van der Waals surface area contributed by atoms with E-state index in [9.17, 15) is 0 Å². The summed E-state index contributed by atoms with van der Waals surface area (Å²) in [6.45, 7) is 12.3. The van der Waals surface area contributed by atoms with Crippen molar-refractivity contribution < 1.29 is 4.74 Å². The third-order valence-corrected chi connectivity index (χ3v) is 4.43. The van der Waals surface area contributed by atoms with E-state index in [-0.39, 0.29) is 0 Å². The molecular formula is C16H33NO. The molecule has 0 heterocycles. The molecule has 0 aromatic carbocycles. The number of likely N-dealkylation sites (N-methyl/N-ethyl adjacent to an activating group) is 1. The van der Waals surface area contributed by atoms with Crippen molar-refractivity contribution >= 4 is 0 Å². The highest BCUT2D eigenvalue weighted by atomic mass is 16.5. The molecule has 0 aromatic heterocycles. The van der Waals surface area contributed by atoms with Crippen LogP contribution in [0.3, 0.4) is 0 Å². The lowest BCUT2D eigenvalue weighted by molar-refractivity contribution is -0.0207. The van der Waals surface area contributed by atoms with Crippen LogP contribution in [0.4, 0.5) is 0 Å². The summed E-state index contributed by atoms with van der Waals surface area (Å²) in [4.78, 5) is 0. The number of ether oxygens (including phenoxy) is 1. The Hall–Kier alpha value is -0.0800. The van der Waals surface area contributed by atoms with Gasteiger partial charge in [0.1, 0.15) is 0 Å². The second-order valence-electron chi connectivity index (χ2n) is 6.66. The molecule has 2 nitrogen and oxygen atoms in total. The van der Waals surface area contributed by atoms with E-state index in [2.05, 4.69) is 47.0 Å². The smallest absolute Gasteiger partial charge is 0.0753 e. The summed E-state index contributed by atoms with van der Waals surface area (Å²) in [5.41, 5.74) is 0. The van der Waals surface area contributed by atoms with Gasteiger partial charge in [-0.1, -0.05) is 27.7 Å². The second kappa shape index (κ2) is 7.49. The molecule has 4 atom stereocenters. The highest BCUT2D eigenvalue weighted by Crippen LogP contribution is 2.36. The molecule has 0 saturated heterocycles. The van der Waals surface area contributed by atoms with Crippen molar-refractivity contribution in [2.45, 2.75) is 66.0 Å². The quantitative estimate of drug-likeness (QED) is 0.781. The molecule has 0 radical (unpaired) electrons. The first-order valence-corrected chi connectivity index (χ1v) is 7.78. The molecule has 1 saturated carbocycles. The van der Waals surface area contributed by atoms with Crippen molar-refractivity contribution in [2.75, 3.05) is 13.7 Å². The first-order valence-electron chi connectivity index (χ1n) is 7.78. The Kier molecular flexibility index (Phi) is 6.65. The van der Waals surface area contributed by atoms with Gasteiger partial charge in [-0.2, -0.15) is 0 Å². The van der Waals surface area contributed by atoms with Gasteiger partial charge >= 0.3 is 0 Å². The van der Waals surface area contributed by atoms with E-state index in [1.54, 1.807) is 0 Å². The van der Waals surface area contributed by atoms with Gasteiger partial charge in [-0.05, 0) is 56.9 Å². The average Bonchev–Trinajstić information content (AvgIpc) is 2.27. The van der Waals surface area contributed by atoms with Crippen molar-refractivity contribution in [1.82, 2.24) is 5.32 Å². The summed E-state index contributed by atoms with van der Waals surface area (Å²) in [6, 6.07) is 0.509. The number of nitrogens with one attached hydrogen (secondary N) is 1.